The number of benzene rings is 9. The molecule has 2 aliphatic heterocycles. The minimum absolute atomic E-state index is 0.214. The number of para-hydroxylation sites is 2. The van der Waals surface area contributed by atoms with Gasteiger partial charge in [0.25, 0.3) is 0 Å². The molecule has 0 radical (unpaired) electrons. The zero-order chi connectivity index (χ0) is 39.5. The van der Waals surface area contributed by atoms with Crippen molar-refractivity contribution < 1.29 is 0 Å². The topological polar surface area (TPSA) is 6.48 Å². The molecule has 11 rings (SSSR count). The Bertz CT molecular complexity index is 2990. The number of hydrogen-bond acceptors (Lipinski definition) is 2. The third kappa shape index (κ3) is 4.72. The van der Waals surface area contributed by atoms with Gasteiger partial charge in [0.2, 0.25) is 0 Å². The Labute approximate surface area is 341 Å². The van der Waals surface area contributed by atoms with Gasteiger partial charge in [-0.1, -0.05) is 167 Å². The maximum Gasteiger partial charge on any atom is 0.0455 e. The molecule has 2 nitrogen and oxygen atoms in total. The Balaban J connectivity index is 1.26. The molecule has 0 atom stereocenters. The predicted molar refractivity (Wildman–Crippen MR) is 249 cm³/mol. The Hall–Kier alpha value is -6.64. The van der Waals surface area contributed by atoms with Crippen LogP contribution in [0.1, 0.15) is 49.9 Å². The van der Waals surface area contributed by atoms with E-state index in [1.165, 1.54) is 111 Å². The Kier molecular flexibility index (Phi) is 7.41. The molecule has 0 saturated heterocycles. The molecule has 0 saturated carbocycles. The average molecular weight is 747 g/mol. The number of anilines is 4. The highest BCUT2D eigenvalue weighted by molar-refractivity contribution is 6.22. The summed E-state index contributed by atoms with van der Waals surface area (Å²) < 4.78 is 0. The first-order valence-electron chi connectivity index (χ1n) is 20.6. The zero-order valence-electron chi connectivity index (χ0n) is 34.1. The fourth-order valence-electron chi connectivity index (χ4n) is 10.9. The second kappa shape index (κ2) is 12.4. The van der Waals surface area contributed by atoms with Gasteiger partial charge in [0.15, 0.2) is 0 Å². The molecule has 2 aliphatic rings. The van der Waals surface area contributed by atoms with Crippen molar-refractivity contribution in [3.8, 4) is 33.4 Å². The van der Waals surface area contributed by atoms with Crippen LogP contribution in [-0.2, 0) is 10.8 Å². The highest BCUT2D eigenvalue weighted by Crippen LogP contribution is 2.55. The van der Waals surface area contributed by atoms with Crippen LogP contribution < -0.4 is 9.80 Å². The third-order valence-electron chi connectivity index (χ3n) is 13.6. The van der Waals surface area contributed by atoms with Crippen LogP contribution in [0.4, 0.5) is 22.7 Å². The molecule has 2 heteroatoms. The van der Waals surface area contributed by atoms with Gasteiger partial charge in [0.1, 0.15) is 0 Å². The number of fused-ring (bicyclic) bond motifs is 7. The van der Waals surface area contributed by atoms with Gasteiger partial charge in [-0.3, -0.25) is 0 Å². The fourth-order valence-corrected chi connectivity index (χ4v) is 10.9. The maximum atomic E-state index is 2.52. The van der Waals surface area contributed by atoms with Crippen molar-refractivity contribution in [2.75, 3.05) is 23.9 Å². The van der Waals surface area contributed by atoms with Crippen LogP contribution in [0.15, 0.2) is 170 Å². The van der Waals surface area contributed by atoms with Gasteiger partial charge in [-0.15, -0.1) is 0 Å². The third-order valence-corrected chi connectivity index (χ3v) is 13.6. The van der Waals surface area contributed by atoms with Crippen molar-refractivity contribution in [2.24, 2.45) is 0 Å². The molecule has 9 aromatic rings. The van der Waals surface area contributed by atoms with Crippen molar-refractivity contribution in [1.29, 1.82) is 0 Å². The minimum atomic E-state index is -0.214. The molecule has 0 fully saturated rings. The van der Waals surface area contributed by atoms with E-state index in [0.717, 1.165) is 0 Å². The average Bonchev–Trinajstić information content (AvgIpc) is 3.26. The monoisotopic (exact) mass is 746 g/mol. The van der Waals surface area contributed by atoms with Gasteiger partial charge in [-0.2, -0.15) is 0 Å². The molecule has 0 N–H and O–H groups in total. The van der Waals surface area contributed by atoms with E-state index in [2.05, 4.69) is 221 Å². The first-order valence-corrected chi connectivity index (χ1v) is 20.6. The van der Waals surface area contributed by atoms with E-state index in [0.29, 0.717) is 0 Å². The van der Waals surface area contributed by atoms with Gasteiger partial charge >= 0.3 is 0 Å². The molecule has 9 aromatic carbocycles. The van der Waals surface area contributed by atoms with Gasteiger partial charge < -0.3 is 9.80 Å². The molecule has 0 amide bonds. The van der Waals surface area contributed by atoms with Crippen molar-refractivity contribution >= 4 is 55.1 Å². The second-order valence-electron chi connectivity index (χ2n) is 17.4. The lowest BCUT2D eigenvalue weighted by molar-refractivity contribution is 0.631. The van der Waals surface area contributed by atoms with Crippen LogP contribution in [0.2, 0.25) is 0 Å². The van der Waals surface area contributed by atoms with Crippen LogP contribution >= 0.6 is 0 Å². The molecular formula is C56H46N2. The van der Waals surface area contributed by atoms with Gasteiger partial charge in [-0.05, 0) is 118 Å². The number of nitrogens with zero attached hydrogens (tertiary/aromatic N) is 2. The summed E-state index contributed by atoms with van der Waals surface area (Å²) in [6.07, 6.45) is 0. The lowest BCUT2D eigenvalue weighted by atomic mass is 9.70. The highest BCUT2D eigenvalue weighted by atomic mass is 15.1. The summed E-state index contributed by atoms with van der Waals surface area (Å²) in [6.45, 7) is 9.60. The largest absolute Gasteiger partial charge is 0.344 e. The number of rotatable bonds is 3. The first kappa shape index (κ1) is 34.6. The predicted octanol–water partition coefficient (Wildman–Crippen LogP) is 15.0. The summed E-state index contributed by atoms with van der Waals surface area (Å²) in [6, 6.07) is 63.7. The normalized spacial score (nSPS) is 14.9. The van der Waals surface area contributed by atoms with E-state index in [-0.39, 0.29) is 10.8 Å². The standard InChI is InChI=1S/C56H46N2/c1-55(2)46-28-9-11-30-48(46)57(5)50-32-16-26-42(53(50)55)37-21-14-24-40-44(37)34-45-38(22-15-25-41(45)52(40)39-23-13-19-35-18-7-8-20-36(35)39)43-27-17-33-51-54(43)56(3,4)47-29-10-12-31-49(47)58(51)6/h7-34H,1-6H3. The summed E-state index contributed by atoms with van der Waals surface area (Å²) in [5.41, 5.74) is 17.7. The van der Waals surface area contributed by atoms with E-state index < -0.39 is 0 Å². The van der Waals surface area contributed by atoms with E-state index in [1.807, 2.05) is 0 Å². The smallest absolute Gasteiger partial charge is 0.0455 e. The van der Waals surface area contributed by atoms with Gasteiger partial charge in [0, 0.05) is 47.7 Å². The van der Waals surface area contributed by atoms with E-state index in [9.17, 15) is 0 Å². The van der Waals surface area contributed by atoms with Crippen LogP contribution in [0, 0.1) is 0 Å². The second-order valence-corrected chi connectivity index (χ2v) is 17.4. The molecule has 280 valence electrons. The zero-order valence-corrected chi connectivity index (χ0v) is 34.1. The molecule has 0 aromatic heterocycles. The molecule has 0 unspecified atom stereocenters. The fraction of sp³-hybridized carbons (Fsp3) is 0.143. The Morgan fingerprint density at radius 2 is 0.707 bits per heavy atom. The van der Waals surface area contributed by atoms with Crippen molar-refractivity contribution in [2.45, 2.75) is 38.5 Å². The molecule has 0 spiro atoms. The molecule has 0 bridgehead atoms. The summed E-state index contributed by atoms with van der Waals surface area (Å²) in [7, 11) is 4.44. The van der Waals surface area contributed by atoms with Crippen LogP contribution in [0.3, 0.4) is 0 Å². The minimum Gasteiger partial charge on any atom is -0.344 e. The summed E-state index contributed by atoms with van der Waals surface area (Å²) in [5, 5.41) is 7.58. The van der Waals surface area contributed by atoms with Crippen molar-refractivity contribution in [1.82, 2.24) is 0 Å². The summed E-state index contributed by atoms with van der Waals surface area (Å²) in [5.74, 6) is 0. The van der Waals surface area contributed by atoms with E-state index in [4.69, 9.17) is 0 Å². The van der Waals surface area contributed by atoms with E-state index >= 15 is 0 Å². The Morgan fingerprint density at radius 1 is 0.328 bits per heavy atom. The SMILES string of the molecule is CN1c2ccccc2C(C)(C)c2c(-c3cccc4c(-c5cccc6ccccc56)c5cccc(-c6cccc7c6C(C)(C)c6ccccc6N7C)c5cc34)cccc21. The molecular weight excluding hydrogens is 701 g/mol. The lowest BCUT2D eigenvalue weighted by Gasteiger charge is -2.42. The van der Waals surface area contributed by atoms with Crippen molar-refractivity contribution in [3.05, 3.63) is 192 Å². The Morgan fingerprint density at radius 3 is 1.26 bits per heavy atom. The van der Waals surface area contributed by atoms with E-state index in [1.54, 1.807) is 0 Å². The number of hydrogen-bond donors (Lipinski definition) is 0. The van der Waals surface area contributed by atoms with Gasteiger partial charge in [0.05, 0.1) is 0 Å². The highest BCUT2D eigenvalue weighted by Gasteiger charge is 2.39. The summed E-state index contributed by atoms with van der Waals surface area (Å²) in [4.78, 5) is 4.77. The molecule has 58 heavy (non-hydrogen) atoms. The lowest BCUT2D eigenvalue weighted by Crippen LogP contribution is -2.31. The summed E-state index contributed by atoms with van der Waals surface area (Å²) >= 11 is 0. The van der Waals surface area contributed by atoms with Crippen molar-refractivity contribution in [3.63, 3.8) is 0 Å². The van der Waals surface area contributed by atoms with Crippen LogP contribution in [-0.4, -0.2) is 14.1 Å². The van der Waals surface area contributed by atoms with Crippen LogP contribution in [0.25, 0.3) is 65.7 Å². The quantitative estimate of drug-likeness (QED) is 0.166. The molecule has 2 heterocycles. The van der Waals surface area contributed by atoms with Gasteiger partial charge in [-0.25, -0.2) is 0 Å². The van der Waals surface area contributed by atoms with Crippen LogP contribution in [0.5, 0.6) is 0 Å². The maximum absolute atomic E-state index is 2.52. The first-order chi connectivity index (χ1) is 28.2. The molecule has 0 aliphatic carbocycles.